The first kappa shape index (κ1) is 13.3. The largest absolute Gasteiger partial charge is 0.462 e. The second kappa shape index (κ2) is 6.10. The van der Waals surface area contributed by atoms with E-state index in [2.05, 4.69) is 5.32 Å². The van der Waals surface area contributed by atoms with Gasteiger partial charge in [-0.3, -0.25) is 4.79 Å². The normalized spacial score (nSPS) is 9.76. The standard InChI is InChI=1S/C11H13ClN2O3/c1-14-10(15)4-5-17-11(16)8-6-7(13)2-3-9(8)12/h2-3,6H,4-5,13H2,1H3,(H,14,15). The van der Waals surface area contributed by atoms with Crippen molar-refractivity contribution in [2.24, 2.45) is 0 Å². The molecule has 0 heterocycles. The SMILES string of the molecule is CNC(=O)CCOC(=O)c1cc(N)ccc1Cl. The summed E-state index contributed by atoms with van der Waals surface area (Å²) in [6.07, 6.45) is 0.113. The molecule has 6 heteroatoms. The number of hydrogen-bond acceptors (Lipinski definition) is 4. The zero-order chi connectivity index (χ0) is 12.8. The summed E-state index contributed by atoms with van der Waals surface area (Å²) in [5, 5.41) is 2.69. The number of carbonyl (C=O) groups excluding carboxylic acids is 2. The number of nitrogens with two attached hydrogens (primary N) is 1. The van der Waals surface area contributed by atoms with Crippen molar-refractivity contribution >= 4 is 29.2 Å². The van der Waals surface area contributed by atoms with Crippen molar-refractivity contribution in [1.82, 2.24) is 5.32 Å². The molecule has 0 aliphatic heterocycles. The Morgan fingerprint density at radius 1 is 1.47 bits per heavy atom. The van der Waals surface area contributed by atoms with Crippen LogP contribution in [0.25, 0.3) is 0 Å². The molecule has 0 saturated heterocycles. The molecule has 92 valence electrons. The molecule has 0 fully saturated rings. The number of anilines is 1. The number of halogens is 1. The number of carbonyl (C=O) groups is 2. The highest BCUT2D eigenvalue weighted by molar-refractivity contribution is 6.33. The summed E-state index contributed by atoms with van der Waals surface area (Å²) in [7, 11) is 1.51. The van der Waals surface area contributed by atoms with E-state index in [1.807, 2.05) is 0 Å². The van der Waals surface area contributed by atoms with E-state index in [-0.39, 0.29) is 29.5 Å². The van der Waals surface area contributed by atoms with Gasteiger partial charge in [-0.05, 0) is 18.2 Å². The van der Waals surface area contributed by atoms with Crippen LogP contribution in [0.5, 0.6) is 0 Å². The molecule has 0 aliphatic carbocycles. The van der Waals surface area contributed by atoms with E-state index in [9.17, 15) is 9.59 Å². The summed E-state index contributed by atoms with van der Waals surface area (Å²) in [6.45, 7) is 0.00361. The second-order valence-electron chi connectivity index (χ2n) is 3.30. The highest BCUT2D eigenvalue weighted by atomic mass is 35.5. The van der Waals surface area contributed by atoms with E-state index in [4.69, 9.17) is 22.1 Å². The molecule has 5 nitrogen and oxygen atoms in total. The highest BCUT2D eigenvalue weighted by Gasteiger charge is 2.12. The Hall–Kier alpha value is -1.75. The summed E-state index contributed by atoms with van der Waals surface area (Å²) in [5.41, 5.74) is 6.15. The molecular formula is C11H13ClN2O3. The van der Waals surface area contributed by atoms with Crippen LogP contribution >= 0.6 is 11.6 Å². The summed E-state index contributed by atoms with van der Waals surface area (Å²) in [4.78, 5) is 22.5. The highest BCUT2D eigenvalue weighted by Crippen LogP contribution is 2.19. The predicted molar refractivity (Wildman–Crippen MR) is 64.8 cm³/mol. The molecule has 1 amide bonds. The summed E-state index contributed by atoms with van der Waals surface area (Å²) >= 11 is 5.82. The molecular weight excluding hydrogens is 244 g/mol. The van der Waals surface area contributed by atoms with Gasteiger partial charge in [0.25, 0.3) is 0 Å². The minimum absolute atomic E-state index is 0.00361. The third-order valence-electron chi connectivity index (χ3n) is 2.05. The van der Waals surface area contributed by atoms with Crippen LogP contribution in [0.4, 0.5) is 5.69 Å². The molecule has 0 spiro atoms. The van der Waals surface area contributed by atoms with Gasteiger partial charge < -0.3 is 15.8 Å². The van der Waals surface area contributed by atoms with Gasteiger partial charge in [0.15, 0.2) is 0 Å². The third-order valence-corrected chi connectivity index (χ3v) is 2.38. The quantitative estimate of drug-likeness (QED) is 0.627. The van der Waals surface area contributed by atoms with Crippen LogP contribution < -0.4 is 11.1 Å². The molecule has 0 atom stereocenters. The summed E-state index contributed by atoms with van der Waals surface area (Å²) < 4.78 is 4.90. The molecule has 0 unspecified atom stereocenters. The van der Waals surface area contributed by atoms with Gasteiger partial charge >= 0.3 is 5.97 Å². The number of amides is 1. The Labute approximate surface area is 104 Å². The van der Waals surface area contributed by atoms with Crippen LogP contribution in [-0.2, 0) is 9.53 Å². The Morgan fingerprint density at radius 2 is 2.18 bits per heavy atom. The van der Waals surface area contributed by atoms with Crippen molar-refractivity contribution in [2.45, 2.75) is 6.42 Å². The lowest BCUT2D eigenvalue weighted by atomic mass is 10.2. The molecule has 0 bridgehead atoms. The average Bonchev–Trinajstić information content (AvgIpc) is 2.31. The van der Waals surface area contributed by atoms with E-state index < -0.39 is 5.97 Å². The number of hydrogen-bond donors (Lipinski definition) is 2. The molecule has 0 saturated carbocycles. The van der Waals surface area contributed by atoms with Crippen LogP contribution in [0.15, 0.2) is 18.2 Å². The summed E-state index contributed by atoms with van der Waals surface area (Å²) in [6, 6.07) is 4.54. The number of nitrogen functional groups attached to an aromatic ring is 1. The van der Waals surface area contributed by atoms with Gasteiger partial charge in [0.2, 0.25) is 5.91 Å². The zero-order valence-electron chi connectivity index (χ0n) is 9.33. The summed E-state index contributed by atoms with van der Waals surface area (Å²) in [5.74, 6) is -0.789. The number of benzene rings is 1. The van der Waals surface area contributed by atoms with Crippen LogP contribution in [0, 0.1) is 0 Å². The molecule has 3 N–H and O–H groups in total. The van der Waals surface area contributed by atoms with Crippen molar-refractivity contribution in [3.8, 4) is 0 Å². The second-order valence-corrected chi connectivity index (χ2v) is 3.71. The predicted octanol–water partition coefficient (Wildman–Crippen LogP) is 1.22. The smallest absolute Gasteiger partial charge is 0.339 e. The topological polar surface area (TPSA) is 81.4 Å². The number of ether oxygens (including phenoxy) is 1. The van der Waals surface area contributed by atoms with E-state index >= 15 is 0 Å². The lowest BCUT2D eigenvalue weighted by Gasteiger charge is -2.06. The van der Waals surface area contributed by atoms with Gasteiger partial charge in [0.1, 0.15) is 6.61 Å². The first-order valence-corrected chi connectivity index (χ1v) is 5.35. The van der Waals surface area contributed by atoms with Crippen molar-refractivity contribution in [3.05, 3.63) is 28.8 Å². The Balaban J connectivity index is 2.58. The maximum absolute atomic E-state index is 11.6. The van der Waals surface area contributed by atoms with Crippen molar-refractivity contribution < 1.29 is 14.3 Å². The van der Waals surface area contributed by atoms with Gasteiger partial charge in [0.05, 0.1) is 17.0 Å². The van der Waals surface area contributed by atoms with Gasteiger partial charge in [-0.1, -0.05) is 11.6 Å². The molecule has 0 aromatic heterocycles. The monoisotopic (exact) mass is 256 g/mol. The van der Waals surface area contributed by atoms with Gasteiger partial charge in [-0.25, -0.2) is 4.79 Å². The van der Waals surface area contributed by atoms with Gasteiger partial charge in [-0.2, -0.15) is 0 Å². The average molecular weight is 257 g/mol. The van der Waals surface area contributed by atoms with Crippen molar-refractivity contribution in [1.29, 1.82) is 0 Å². The molecule has 1 aromatic carbocycles. The van der Waals surface area contributed by atoms with Crippen molar-refractivity contribution in [2.75, 3.05) is 19.4 Å². The molecule has 17 heavy (non-hydrogen) atoms. The van der Waals surface area contributed by atoms with Crippen molar-refractivity contribution in [3.63, 3.8) is 0 Å². The van der Waals surface area contributed by atoms with Gasteiger partial charge in [0, 0.05) is 12.7 Å². The molecule has 1 rings (SSSR count). The van der Waals surface area contributed by atoms with Crippen LogP contribution in [0.1, 0.15) is 16.8 Å². The fourth-order valence-corrected chi connectivity index (χ4v) is 1.33. The minimum atomic E-state index is -0.591. The zero-order valence-corrected chi connectivity index (χ0v) is 10.1. The third kappa shape index (κ3) is 3.96. The molecule has 0 aliphatic rings. The van der Waals surface area contributed by atoms with Gasteiger partial charge in [-0.15, -0.1) is 0 Å². The fraction of sp³-hybridized carbons (Fsp3) is 0.273. The Bertz CT molecular complexity index is 435. The molecule has 1 aromatic rings. The lowest BCUT2D eigenvalue weighted by Crippen LogP contribution is -2.20. The number of esters is 1. The maximum atomic E-state index is 11.6. The van der Waals surface area contributed by atoms with E-state index in [0.29, 0.717) is 5.69 Å². The first-order chi connectivity index (χ1) is 8.04. The van der Waals surface area contributed by atoms with E-state index in [1.54, 1.807) is 6.07 Å². The van der Waals surface area contributed by atoms with E-state index in [0.717, 1.165) is 0 Å². The van der Waals surface area contributed by atoms with Crippen LogP contribution in [0.3, 0.4) is 0 Å². The molecule has 0 radical (unpaired) electrons. The Kier molecular flexibility index (Phi) is 4.78. The lowest BCUT2D eigenvalue weighted by molar-refractivity contribution is -0.121. The minimum Gasteiger partial charge on any atom is -0.462 e. The maximum Gasteiger partial charge on any atom is 0.339 e. The van der Waals surface area contributed by atoms with E-state index in [1.165, 1.54) is 19.2 Å². The van der Waals surface area contributed by atoms with Crippen LogP contribution in [0.2, 0.25) is 5.02 Å². The number of rotatable bonds is 4. The first-order valence-electron chi connectivity index (χ1n) is 4.97. The van der Waals surface area contributed by atoms with Crippen LogP contribution in [-0.4, -0.2) is 25.5 Å². The Morgan fingerprint density at radius 3 is 2.82 bits per heavy atom. The number of nitrogens with one attached hydrogen (secondary N) is 1. The fourth-order valence-electron chi connectivity index (χ4n) is 1.14.